The molecule has 0 amide bonds. The molecule has 0 heterocycles. The van der Waals surface area contributed by atoms with Gasteiger partial charge in [-0.15, -0.1) is 0 Å². The van der Waals surface area contributed by atoms with Crippen molar-refractivity contribution in [3.8, 4) is 11.5 Å². The van der Waals surface area contributed by atoms with E-state index in [9.17, 15) is 4.79 Å². The van der Waals surface area contributed by atoms with E-state index in [1.165, 1.54) is 30.4 Å². The first-order chi connectivity index (χ1) is 9.71. The molecule has 0 aliphatic heterocycles. The van der Waals surface area contributed by atoms with Crippen LogP contribution in [-0.4, -0.2) is 20.5 Å². The number of hydrogen-bond donors (Lipinski definition) is 0. The Hall–Kier alpha value is -1.51. The van der Waals surface area contributed by atoms with E-state index in [0.717, 1.165) is 23.3 Å². The predicted octanol–water partition coefficient (Wildman–Crippen LogP) is 3.76. The second-order valence-electron chi connectivity index (χ2n) is 6.04. The van der Waals surface area contributed by atoms with Gasteiger partial charge in [0.15, 0.2) is 0 Å². The minimum Gasteiger partial charge on any atom is -0.496 e. The first kappa shape index (κ1) is 13.5. The average molecular weight is 274 g/mol. The number of benzene rings is 1. The summed E-state index contributed by atoms with van der Waals surface area (Å²) in [5.74, 6) is 3.40. The van der Waals surface area contributed by atoms with Gasteiger partial charge in [0.1, 0.15) is 17.8 Å². The van der Waals surface area contributed by atoms with E-state index in [4.69, 9.17) is 9.47 Å². The molecule has 3 atom stereocenters. The average Bonchev–Trinajstić information content (AvgIpc) is 3.07. The molecule has 2 aliphatic carbocycles. The number of methoxy groups -OCH3 is 2. The van der Waals surface area contributed by atoms with Crippen molar-refractivity contribution < 1.29 is 14.3 Å². The van der Waals surface area contributed by atoms with E-state index in [2.05, 4.69) is 13.0 Å². The standard InChI is InChI=1S/C17H22O3/c1-10(6-7-18)13-9-14(19-2)15-11-4-5-12(8-11)16(15)17(13)20-3/h7,9-12H,4-6,8H2,1-3H3. The van der Waals surface area contributed by atoms with Gasteiger partial charge in [0.25, 0.3) is 0 Å². The smallest absolute Gasteiger partial charge is 0.126 e. The van der Waals surface area contributed by atoms with Crippen LogP contribution in [0.25, 0.3) is 0 Å². The minimum absolute atomic E-state index is 0.167. The van der Waals surface area contributed by atoms with Crippen molar-refractivity contribution in [1.82, 2.24) is 0 Å². The van der Waals surface area contributed by atoms with Crippen LogP contribution < -0.4 is 9.47 Å². The first-order valence-corrected chi connectivity index (χ1v) is 7.43. The number of ether oxygens (including phenoxy) is 2. The van der Waals surface area contributed by atoms with Crippen LogP contribution in [0.5, 0.6) is 11.5 Å². The molecule has 20 heavy (non-hydrogen) atoms. The van der Waals surface area contributed by atoms with Crippen LogP contribution in [-0.2, 0) is 4.79 Å². The monoisotopic (exact) mass is 274 g/mol. The van der Waals surface area contributed by atoms with Crippen molar-refractivity contribution in [2.75, 3.05) is 14.2 Å². The third-order valence-corrected chi connectivity index (χ3v) is 5.00. The molecule has 3 heteroatoms. The van der Waals surface area contributed by atoms with Gasteiger partial charge < -0.3 is 14.3 Å². The predicted molar refractivity (Wildman–Crippen MR) is 78.0 cm³/mol. The van der Waals surface area contributed by atoms with Crippen LogP contribution in [0.1, 0.15) is 67.1 Å². The normalized spacial score (nSPS) is 24.4. The van der Waals surface area contributed by atoms with Gasteiger partial charge in [-0.25, -0.2) is 0 Å². The number of carbonyl (C=O) groups excluding carboxylic acids is 1. The first-order valence-electron chi connectivity index (χ1n) is 7.43. The second kappa shape index (κ2) is 5.12. The van der Waals surface area contributed by atoms with Crippen molar-refractivity contribution in [1.29, 1.82) is 0 Å². The maximum absolute atomic E-state index is 10.8. The highest BCUT2D eigenvalue weighted by Gasteiger charge is 2.42. The molecule has 1 saturated carbocycles. The molecule has 0 spiro atoms. The zero-order valence-corrected chi connectivity index (χ0v) is 12.4. The van der Waals surface area contributed by atoms with E-state index in [1.54, 1.807) is 14.2 Å². The van der Waals surface area contributed by atoms with Crippen molar-refractivity contribution >= 4 is 6.29 Å². The Kier molecular flexibility index (Phi) is 3.45. The number of hydrogen-bond acceptors (Lipinski definition) is 3. The number of rotatable bonds is 5. The van der Waals surface area contributed by atoms with Crippen LogP contribution in [0.3, 0.4) is 0 Å². The van der Waals surface area contributed by atoms with Gasteiger partial charge in [0.05, 0.1) is 14.2 Å². The van der Waals surface area contributed by atoms with Gasteiger partial charge in [-0.1, -0.05) is 6.92 Å². The van der Waals surface area contributed by atoms with E-state index in [0.29, 0.717) is 18.3 Å². The molecule has 3 unspecified atom stereocenters. The van der Waals surface area contributed by atoms with Gasteiger partial charge in [-0.3, -0.25) is 0 Å². The molecule has 3 rings (SSSR count). The lowest BCUT2D eigenvalue weighted by Gasteiger charge is -2.25. The largest absolute Gasteiger partial charge is 0.496 e. The van der Waals surface area contributed by atoms with Gasteiger partial charge in [0, 0.05) is 23.1 Å². The molecule has 2 bridgehead atoms. The third kappa shape index (κ3) is 1.83. The van der Waals surface area contributed by atoms with Gasteiger partial charge in [-0.05, 0) is 43.1 Å². The van der Waals surface area contributed by atoms with Crippen LogP contribution in [0, 0.1) is 0 Å². The summed E-state index contributed by atoms with van der Waals surface area (Å²) in [6.45, 7) is 2.07. The summed E-state index contributed by atoms with van der Waals surface area (Å²) >= 11 is 0. The molecule has 3 nitrogen and oxygen atoms in total. The Balaban J connectivity index is 2.17. The molecular weight excluding hydrogens is 252 g/mol. The molecule has 0 saturated heterocycles. The summed E-state index contributed by atoms with van der Waals surface area (Å²) in [5, 5.41) is 0. The lowest BCUT2D eigenvalue weighted by atomic mass is 9.85. The van der Waals surface area contributed by atoms with Crippen molar-refractivity contribution in [2.24, 2.45) is 0 Å². The molecule has 1 aromatic carbocycles. The van der Waals surface area contributed by atoms with E-state index in [-0.39, 0.29) is 5.92 Å². The number of carbonyl (C=O) groups is 1. The summed E-state index contributed by atoms with van der Waals surface area (Å²) < 4.78 is 11.4. The van der Waals surface area contributed by atoms with E-state index in [1.807, 2.05) is 0 Å². The molecule has 2 aliphatic rings. The summed E-state index contributed by atoms with van der Waals surface area (Å²) in [5.41, 5.74) is 3.83. The fourth-order valence-corrected chi connectivity index (χ4v) is 4.06. The maximum Gasteiger partial charge on any atom is 0.126 e. The third-order valence-electron chi connectivity index (χ3n) is 5.00. The molecule has 0 aromatic heterocycles. The summed E-state index contributed by atoms with van der Waals surface area (Å²) in [7, 11) is 3.48. The Morgan fingerprint density at radius 3 is 2.55 bits per heavy atom. The van der Waals surface area contributed by atoms with Crippen LogP contribution >= 0.6 is 0 Å². The maximum atomic E-state index is 10.8. The van der Waals surface area contributed by atoms with Crippen LogP contribution in [0.15, 0.2) is 6.07 Å². The van der Waals surface area contributed by atoms with E-state index < -0.39 is 0 Å². The van der Waals surface area contributed by atoms with Gasteiger partial charge in [0.2, 0.25) is 0 Å². The fourth-order valence-electron chi connectivity index (χ4n) is 4.06. The second-order valence-corrected chi connectivity index (χ2v) is 6.04. The van der Waals surface area contributed by atoms with Crippen LogP contribution in [0.4, 0.5) is 0 Å². The molecular formula is C17H22O3. The summed E-state index contributed by atoms with van der Waals surface area (Å²) in [6.07, 6.45) is 5.25. The lowest BCUT2D eigenvalue weighted by Crippen LogP contribution is -2.08. The van der Waals surface area contributed by atoms with Crippen molar-refractivity contribution in [3.63, 3.8) is 0 Å². The number of aldehydes is 1. The lowest BCUT2D eigenvalue weighted by molar-refractivity contribution is -0.108. The summed E-state index contributed by atoms with van der Waals surface area (Å²) in [4.78, 5) is 10.8. The zero-order chi connectivity index (χ0) is 14.3. The zero-order valence-electron chi connectivity index (χ0n) is 12.4. The minimum atomic E-state index is 0.167. The van der Waals surface area contributed by atoms with Gasteiger partial charge in [-0.2, -0.15) is 0 Å². The number of fused-ring (bicyclic) bond motifs is 5. The van der Waals surface area contributed by atoms with Gasteiger partial charge >= 0.3 is 0 Å². The SMILES string of the molecule is COc1cc(C(C)CC=O)c(OC)c2c1C1CCC2C1. The fraction of sp³-hybridized carbons (Fsp3) is 0.588. The molecule has 0 radical (unpaired) electrons. The topological polar surface area (TPSA) is 35.5 Å². The Morgan fingerprint density at radius 1 is 1.25 bits per heavy atom. The molecule has 1 aromatic rings. The van der Waals surface area contributed by atoms with Crippen LogP contribution in [0.2, 0.25) is 0 Å². The highest BCUT2D eigenvalue weighted by atomic mass is 16.5. The highest BCUT2D eigenvalue weighted by molar-refractivity contribution is 5.62. The van der Waals surface area contributed by atoms with E-state index >= 15 is 0 Å². The quantitative estimate of drug-likeness (QED) is 0.767. The Labute approximate surface area is 120 Å². The molecule has 1 fully saturated rings. The Morgan fingerprint density at radius 2 is 1.95 bits per heavy atom. The highest BCUT2D eigenvalue weighted by Crippen LogP contribution is 2.60. The summed E-state index contributed by atoms with van der Waals surface area (Å²) in [6, 6.07) is 2.09. The van der Waals surface area contributed by atoms with Crippen molar-refractivity contribution in [2.45, 2.75) is 50.4 Å². The van der Waals surface area contributed by atoms with Crippen molar-refractivity contribution in [3.05, 3.63) is 22.8 Å². The molecule has 108 valence electrons. The molecule has 0 N–H and O–H groups in total. The Bertz CT molecular complexity index is 536.